The molecule has 0 atom stereocenters. The Balaban J connectivity index is 2.03. The molecule has 2 aromatic carbocycles. The first-order valence-electron chi connectivity index (χ1n) is 10.2. The average Bonchev–Trinajstić information content (AvgIpc) is 2.85. The average molecular weight is 505 g/mol. The molecule has 0 spiro atoms. The van der Waals surface area contributed by atoms with E-state index in [2.05, 4.69) is 10.3 Å². The fourth-order valence-electron chi connectivity index (χ4n) is 3.26. The Labute approximate surface area is 204 Å². The third-order valence-corrected chi connectivity index (χ3v) is 5.24. The minimum Gasteiger partial charge on any atom is -0.496 e. The van der Waals surface area contributed by atoms with Crippen LogP contribution in [0.1, 0.15) is 27.2 Å². The Hall–Kier alpha value is -3.81. The number of carbonyl (C=O) groups excluding carboxylic acids is 1. The number of hydrogen-bond donors (Lipinski definition) is 2. The van der Waals surface area contributed by atoms with Gasteiger partial charge < -0.3 is 20.5 Å². The van der Waals surface area contributed by atoms with E-state index in [0.717, 1.165) is 11.8 Å². The molecular weight excluding hydrogens is 485 g/mol. The zero-order chi connectivity index (χ0) is 25.6. The van der Waals surface area contributed by atoms with Crippen molar-refractivity contribution >= 4 is 17.5 Å². The molecule has 182 valence electrons. The maximum absolute atomic E-state index is 13.1. The zero-order valence-corrected chi connectivity index (χ0v) is 19.2. The predicted octanol–water partition coefficient (Wildman–Crippen LogP) is 4.57. The lowest BCUT2D eigenvalue weighted by Gasteiger charge is -2.16. The van der Waals surface area contributed by atoms with Crippen molar-refractivity contribution < 1.29 is 27.4 Å². The number of nitrogens with zero attached hydrogens (tertiary/aromatic N) is 2. The molecule has 7 nitrogen and oxygen atoms in total. The number of rotatable bonds is 8. The number of alkyl halides is 3. The SMILES string of the molecule is COc1ccccc1CNC(=O)c1cc(-c2cnc(C(F)(F)F)cc2C#N)c(Cl)cc1OCCN. The highest BCUT2D eigenvalue weighted by Crippen LogP contribution is 2.37. The molecule has 0 saturated heterocycles. The van der Waals surface area contributed by atoms with Gasteiger partial charge in [-0.3, -0.25) is 9.78 Å². The summed E-state index contributed by atoms with van der Waals surface area (Å²) >= 11 is 6.37. The number of hydrogen-bond acceptors (Lipinski definition) is 6. The van der Waals surface area contributed by atoms with Crippen LogP contribution in [0.25, 0.3) is 11.1 Å². The molecule has 3 aromatic rings. The topological polar surface area (TPSA) is 110 Å². The van der Waals surface area contributed by atoms with Crippen molar-refractivity contribution in [3.63, 3.8) is 0 Å². The summed E-state index contributed by atoms with van der Waals surface area (Å²) in [6, 6.07) is 12.2. The summed E-state index contributed by atoms with van der Waals surface area (Å²) in [5, 5.41) is 12.3. The summed E-state index contributed by atoms with van der Waals surface area (Å²) in [5.41, 5.74) is 4.95. The lowest BCUT2D eigenvalue weighted by atomic mass is 9.98. The van der Waals surface area contributed by atoms with Crippen LogP contribution in [0.3, 0.4) is 0 Å². The molecule has 0 unspecified atom stereocenters. The number of pyridine rings is 1. The summed E-state index contributed by atoms with van der Waals surface area (Å²) in [7, 11) is 1.51. The van der Waals surface area contributed by atoms with E-state index in [1.165, 1.54) is 19.2 Å². The summed E-state index contributed by atoms with van der Waals surface area (Å²) in [6.45, 7) is 0.388. The molecule has 0 bridgehead atoms. The number of nitrogens with one attached hydrogen (secondary N) is 1. The maximum atomic E-state index is 13.1. The summed E-state index contributed by atoms with van der Waals surface area (Å²) < 4.78 is 50.0. The molecule has 0 aliphatic heterocycles. The highest BCUT2D eigenvalue weighted by Gasteiger charge is 2.33. The standard InChI is InChI=1S/C24H20ClF3N4O3/c1-34-20-5-3-2-4-14(20)12-32-23(33)17-9-16(19(25)10-21(17)35-7-6-29)18-13-31-22(24(26,27)28)8-15(18)11-30/h2-5,8-10,13H,6-7,12,29H2,1H3,(H,32,33). The van der Waals surface area contributed by atoms with Crippen molar-refractivity contribution in [2.24, 2.45) is 5.73 Å². The van der Waals surface area contributed by atoms with Gasteiger partial charge >= 0.3 is 6.18 Å². The van der Waals surface area contributed by atoms with Crippen LogP contribution in [-0.4, -0.2) is 31.2 Å². The number of aromatic nitrogens is 1. The van der Waals surface area contributed by atoms with E-state index in [9.17, 15) is 23.2 Å². The van der Waals surface area contributed by atoms with E-state index in [1.54, 1.807) is 30.3 Å². The van der Waals surface area contributed by atoms with Crippen LogP contribution in [-0.2, 0) is 12.7 Å². The fourth-order valence-corrected chi connectivity index (χ4v) is 3.52. The van der Waals surface area contributed by atoms with Crippen molar-refractivity contribution in [1.29, 1.82) is 5.26 Å². The second-order valence-corrected chi connectivity index (χ2v) is 7.59. The molecule has 3 rings (SSSR count). The summed E-state index contributed by atoms with van der Waals surface area (Å²) in [6.07, 6.45) is -3.82. The number of halogens is 4. The molecule has 0 aliphatic carbocycles. The Bertz CT molecular complexity index is 1280. The van der Waals surface area contributed by atoms with Crippen molar-refractivity contribution in [3.8, 4) is 28.7 Å². The molecule has 35 heavy (non-hydrogen) atoms. The van der Waals surface area contributed by atoms with E-state index in [0.29, 0.717) is 11.8 Å². The van der Waals surface area contributed by atoms with Gasteiger partial charge in [0.05, 0.1) is 29.3 Å². The third-order valence-electron chi connectivity index (χ3n) is 4.93. The first-order chi connectivity index (χ1) is 16.7. The van der Waals surface area contributed by atoms with Gasteiger partial charge in [-0.25, -0.2) is 0 Å². The molecule has 3 N–H and O–H groups in total. The van der Waals surface area contributed by atoms with E-state index >= 15 is 0 Å². The highest BCUT2D eigenvalue weighted by molar-refractivity contribution is 6.33. The number of carbonyl (C=O) groups is 1. The van der Waals surface area contributed by atoms with Gasteiger partial charge in [0.2, 0.25) is 0 Å². The summed E-state index contributed by atoms with van der Waals surface area (Å²) in [5.74, 6) is 0.165. The lowest BCUT2D eigenvalue weighted by molar-refractivity contribution is -0.141. The normalized spacial score (nSPS) is 11.0. The van der Waals surface area contributed by atoms with Gasteiger partial charge in [-0.05, 0) is 18.2 Å². The molecule has 0 aliphatic rings. The molecule has 11 heteroatoms. The maximum Gasteiger partial charge on any atom is 0.433 e. The Morgan fingerprint density at radius 3 is 2.60 bits per heavy atom. The molecule has 1 amide bonds. The van der Waals surface area contributed by atoms with Crippen LogP contribution in [0.2, 0.25) is 5.02 Å². The third kappa shape index (κ3) is 6.01. The van der Waals surface area contributed by atoms with Gasteiger partial charge in [-0.1, -0.05) is 29.8 Å². The van der Waals surface area contributed by atoms with Gasteiger partial charge in [-0.15, -0.1) is 0 Å². The monoisotopic (exact) mass is 504 g/mol. The van der Waals surface area contributed by atoms with Crippen molar-refractivity contribution in [1.82, 2.24) is 10.3 Å². The van der Waals surface area contributed by atoms with Crippen molar-refractivity contribution in [3.05, 3.63) is 76.1 Å². The first kappa shape index (κ1) is 25.8. The number of nitriles is 1. The summed E-state index contributed by atoms with van der Waals surface area (Å²) in [4.78, 5) is 16.5. The van der Waals surface area contributed by atoms with E-state index in [1.807, 2.05) is 0 Å². The number of amides is 1. The van der Waals surface area contributed by atoms with Crippen LogP contribution in [0.4, 0.5) is 13.2 Å². The minimum absolute atomic E-state index is 0.0367. The Kier molecular flexibility index (Phi) is 8.17. The highest BCUT2D eigenvalue weighted by atomic mass is 35.5. The van der Waals surface area contributed by atoms with Crippen LogP contribution in [0.15, 0.2) is 48.7 Å². The molecule has 0 radical (unpaired) electrons. The zero-order valence-electron chi connectivity index (χ0n) is 18.4. The fraction of sp³-hybridized carbons (Fsp3) is 0.208. The second kappa shape index (κ2) is 11.1. The van der Waals surface area contributed by atoms with Crippen molar-refractivity contribution in [2.45, 2.75) is 12.7 Å². The van der Waals surface area contributed by atoms with Crippen LogP contribution in [0, 0.1) is 11.3 Å². The van der Waals surface area contributed by atoms with Crippen LogP contribution >= 0.6 is 11.6 Å². The smallest absolute Gasteiger partial charge is 0.433 e. The lowest BCUT2D eigenvalue weighted by Crippen LogP contribution is -2.24. The number of nitrogens with two attached hydrogens (primary N) is 1. The van der Waals surface area contributed by atoms with Gasteiger partial charge in [-0.2, -0.15) is 18.4 Å². The first-order valence-corrected chi connectivity index (χ1v) is 10.6. The van der Waals surface area contributed by atoms with E-state index in [-0.39, 0.29) is 52.7 Å². The van der Waals surface area contributed by atoms with Gasteiger partial charge in [0.1, 0.15) is 23.8 Å². The van der Waals surface area contributed by atoms with Crippen LogP contribution < -0.4 is 20.5 Å². The number of methoxy groups -OCH3 is 1. The quantitative estimate of drug-likeness (QED) is 0.465. The van der Waals surface area contributed by atoms with Gasteiger partial charge in [0, 0.05) is 42.0 Å². The number of benzene rings is 2. The van der Waals surface area contributed by atoms with E-state index in [4.69, 9.17) is 26.8 Å². The molecule has 1 heterocycles. The molecular formula is C24H20ClF3N4O3. The minimum atomic E-state index is -4.72. The van der Waals surface area contributed by atoms with E-state index < -0.39 is 17.8 Å². The Morgan fingerprint density at radius 1 is 1.20 bits per heavy atom. The molecule has 0 fully saturated rings. The van der Waals surface area contributed by atoms with Crippen LogP contribution in [0.5, 0.6) is 11.5 Å². The molecule has 1 aromatic heterocycles. The van der Waals surface area contributed by atoms with Gasteiger partial charge in [0.15, 0.2) is 0 Å². The molecule has 0 saturated carbocycles. The Morgan fingerprint density at radius 2 is 1.94 bits per heavy atom. The second-order valence-electron chi connectivity index (χ2n) is 7.18. The number of ether oxygens (including phenoxy) is 2. The van der Waals surface area contributed by atoms with Gasteiger partial charge in [0.25, 0.3) is 5.91 Å². The van der Waals surface area contributed by atoms with Crippen molar-refractivity contribution in [2.75, 3.05) is 20.3 Å². The predicted molar refractivity (Wildman–Crippen MR) is 123 cm³/mol. The largest absolute Gasteiger partial charge is 0.496 e. The number of para-hydroxylation sites is 1.